The molecule has 1 unspecified atom stereocenters. The van der Waals surface area contributed by atoms with Gasteiger partial charge in [0.25, 0.3) is 0 Å². The summed E-state index contributed by atoms with van der Waals surface area (Å²) < 4.78 is 7.39. The Morgan fingerprint density at radius 1 is 1.25 bits per heavy atom. The van der Waals surface area contributed by atoms with E-state index in [-0.39, 0.29) is 6.10 Å². The Labute approximate surface area is 131 Å². The van der Waals surface area contributed by atoms with Crippen LogP contribution in [0.25, 0.3) is 0 Å². The highest BCUT2D eigenvalue weighted by molar-refractivity contribution is 9.10. The first-order valence-corrected chi connectivity index (χ1v) is 8.55. The van der Waals surface area contributed by atoms with Crippen LogP contribution in [0, 0.1) is 5.92 Å². The maximum atomic E-state index is 6.25. The Bertz CT molecular complexity index is 402. The van der Waals surface area contributed by atoms with E-state index in [1.54, 1.807) is 0 Å². The van der Waals surface area contributed by atoms with Crippen LogP contribution in [0.15, 0.2) is 28.7 Å². The molecular weight excluding hydrogens is 314 g/mol. The molecule has 1 N–H and O–H groups in total. The molecule has 1 atom stereocenters. The van der Waals surface area contributed by atoms with Crippen LogP contribution in [0.2, 0.25) is 0 Å². The van der Waals surface area contributed by atoms with E-state index in [4.69, 9.17) is 4.74 Å². The van der Waals surface area contributed by atoms with Gasteiger partial charge in [-0.25, -0.2) is 0 Å². The Morgan fingerprint density at radius 3 is 2.60 bits per heavy atom. The summed E-state index contributed by atoms with van der Waals surface area (Å²) >= 11 is 3.65. The fraction of sp³-hybridized carbons (Fsp3) is 0.647. The monoisotopic (exact) mass is 339 g/mol. The summed E-state index contributed by atoms with van der Waals surface area (Å²) in [6.45, 7) is 6.11. The van der Waals surface area contributed by atoms with E-state index in [0.717, 1.165) is 23.5 Å². The fourth-order valence-corrected chi connectivity index (χ4v) is 3.31. The minimum atomic E-state index is 0.133. The number of nitrogens with one attached hydrogen (secondary N) is 1. The van der Waals surface area contributed by atoms with Crippen LogP contribution < -0.4 is 5.32 Å². The van der Waals surface area contributed by atoms with Crippen LogP contribution >= 0.6 is 15.9 Å². The highest BCUT2D eigenvalue weighted by Gasteiger charge is 2.20. The van der Waals surface area contributed by atoms with Crippen molar-refractivity contribution in [2.24, 2.45) is 5.92 Å². The molecule has 20 heavy (non-hydrogen) atoms. The van der Waals surface area contributed by atoms with Gasteiger partial charge in [-0.2, -0.15) is 0 Å². The molecule has 2 nitrogen and oxygen atoms in total. The van der Waals surface area contributed by atoms with Crippen molar-refractivity contribution in [1.29, 1.82) is 0 Å². The minimum Gasteiger partial charge on any atom is -0.372 e. The topological polar surface area (TPSA) is 21.3 Å². The molecule has 1 fully saturated rings. The van der Waals surface area contributed by atoms with Gasteiger partial charge in [-0.1, -0.05) is 60.8 Å². The molecule has 2 rings (SSSR count). The van der Waals surface area contributed by atoms with E-state index in [0.29, 0.717) is 6.04 Å². The van der Waals surface area contributed by atoms with Crippen LogP contribution in [0.1, 0.15) is 51.2 Å². The molecule has 1 aliphatic rings. The molecule has 0 radical (unpaired) electrons. The largest absolute Gasteiger partial charge is 0.372 e. The van der Waals surface area contributed by atoms with Crippen molar-refractivity contribution in [3.05, 3.63) is 34.3 Å². The minimum absolute atomic E-state index is 0.133. The highest BCUT2D eigenvalue weighted by Crippen LogP contribution is 2.29. The molecule has 0 saturated heterocycles. The van der Waals surface area contributed by atoms with Gasteiger partial charge in [-0.15, -0.1) is 0 Å². The van der Waals surface area contributed by atoms with Crippen molar-refractivity contribution in [2.45, 2.75) is 51.7 Å². The molecule has 0 bridgehead atoms. The predicted molar refractivity (Wildman–Crippen MR) is 87.9 cm³/mol. The third-order valence-corrected chi connectivity index (χ3v) is 4.69. The van der Waals surface area contributed by atoms with Gasteiger partial charge in [-0.3, -0.25) is 0 Å². The molecule has 0 aromatic heterocycles. The van der Waals surface area contributed by atoms with Crippen LogP contribution in [0.4, 0.5) is 0 Å². The van der Waals surface area contributed by atoms with Crippen LogP contribution in [-0.4, -0.2) is 19.2 Å². The van der Waals surface area contributed by atoms with Crippen molar-refractivity contribution >= 4 is 15.9 Å². The summed E-state index contributed by atoms with van der Waals surface area (Å²) in [5, 5.41) is 3.50. The molecule has 3 heteroatoms. The number of hydrogen-bond acceptors (Lipinski definition) is 2. The lowest BCUT2D eigenvalue weighted by Crippen LogP contribution is -2.30. The lowest BCUT2D eigenvalue weighted by atomic mass is 10.1. The Kier molecular flexibility index (Phi) is 6.53. The second-order valence-electron chi connectivity index (χ2n) is 6.06. The van der Waals surface area contributed by atoms with E-state index < -0.39 is 0 Å². The van der Waals surface area contributed by atoms with E-state index in [1.165, 1.54) is 31.2 Å². The second kappa shape index (κ2) is 8.16. The summed E-state index contributed by atoms with van der Waals surface area (Å²) in [5.41, 5.74) is 1.25. The number of hydrogen-bond donors (Lipinski definition) is 1. The van der Waals surface area contributed by atoms with Crippen LogP contribution in [0.3, 0.4) is 0 Å². The highest BCUT2D eigenvalue weighted by atomic mass is 79.9. The Balaban J connectivity index is 1.97. The molecule has 0 aliphatic heterocycles. The SMILES string of the molecule is CC(C)NCC(OCC1CCCC1)c1ccccc1Br. The summed E-state index contributed by atoms with van der Waals surface area (Å²) in [5.74, 6) is 0.763. The molecular formula is C17H26BrNO. The van der Waals surface area contributed by atoms with E-state index in [1.807, 2.05) is 0 Å². The maximum absolute atomic E-state index is 6.25. The number of ether oxygens (including phenoxy) is 1. The normalized spacial score (nSPS) is 17.8. The van der Waals surface area contributed by atoms with Crippen molar-refractivity contribution in [1.82, 2.24) is 5.32 Å². The van der Waals surface area contributed by atoms with Crippen LogP contribution in [0.5, 0.6) is 0 Å². The van der Waals surface area contributed by atoms with E-state index in [9.17, 15) is 0 Å². The average molecular weight is 340 g/mol. The van der Waals surface area contributed by atoms with E-state index >= 15 is 0 Å². The van der Waals surface area contributed by atoms with Crippen molar-refractivity contribution < 1.29 is 4.74 Å². The first-order chi connectivity index (χ1) is 9.66. The van der Waals surface area contributed by atoms with Gasteiger partial charge in [0.05, 0.1) is 12.7 Å². The molecule has 0 amide bonds. The molecule has 1 aromatic rings. The summed E-state index contributed by atoms with van der Waals surface area (Å²) in [4.78, 5) is 0. The number of halogens is 1. The smallest absolute Gasteiger partial charge is 0.0960 e. The first kappa shape index (κ1) is 16.0. The Hall–Kier alpha value is -0.380. The van der Waals surface area contributed by atoms with Gasteiger partial charge in [-0.05, 0) is 30.4 Å². The van der Waals surface area contributed by atoms with Gasteiger partial charge >= 0.3 is 0 Å². The van der Waals surface area contributed by atoms with E-state index in [2.05, 4.69) is 59.4 Å². The summed E-state index contributed by atoms with van der Waals surface area (Å²) in [6.07, 6.45) is 5.55. The third kappa shape index (κ3) is 4.87. The van der Waals surface area contributed by atoms with Gasteiger partial charge in [0.15, 0.2) is 0 Å². The molecule has 1 saturated carbocycles. The molecule has 112 valence electrons. The zero-order valence-corrected chi connectivity index (χ0v) is 14.2. The van der Waals surface area contributed by atoms with Gasteiger partial charge in [0.1, 0.15) is 0 Å². The van der Waals surface area contributed by atoms with Crippen molar-refractivity contribution in [3.8, 4) is 0 Å². The van der Waals surface area contributed by atoms with Gasteiger partial charge in [0.2, 0.25) is 0 Å². The molecule has 0 spiro atoms. The Morgan fingerprint density at radius 2 is 1.95 bits per heavy atom. The molecule has 1 aromatic carbocycles. The lowest BCUT2D eigenvalue weighted by molar-refractivity contribution is 0.0280. The second-order valence-corrected chi connectivity index (χ2v) is 6.91. The summed E-state index contributed by atoms with van der Waals surface area (Å²) in [6, 6.07) is 8.87. The zero-order chi connectivity index (χ0) is 14.4. The summed E-state index contributed by atoms with van der Waals surface area (Å²) in [7, 11) is 0. The number of rotatable bonds is 7. The van der Waals surface area contributed by atoms with Crippen molar-refractivity contribution in [2.75, 3.05) is 13.2 Å². The maximum Gasteiger partial charge on any atom is 0.0960 e. The molecule has 0 heterocycles. The fourth-order valence-electron chi connectivity index (χ4n) is 2.77. The standard InChI is InChI=1S/C17H26BrNO/c1-13(2)19-11-17(15-9-5-6-10-16(15)18)20-12-14-7-3-4-8-14/h5-6,9-10,13-14,17,19H,3-4,7-8,11-12H2,1-2H3. The van der Waals surface area contributed by atoms with Gasteiger partial charge in [0, 0.05) is 17.1 Å². The number of benzene rings is 1. The first-order valence-electron chi connectivity index (χ1n) is 7.76. The zero-order valence-electron chi connectivity index (χ0n) is 12.6. The predicted octanol–water partition coefficient (Wildman–Crippen LogP) is 4.70. The quantitative estimate of drug-likeness (QED) is 0.777. The van der Waals surface area contributed by atoms with Crippen molar-refractivity contribution in [3.63, 3.8) is 0 Å². The average Bonchev–Trinajstić information content (AvgIpc) is 2.93. The third-order valence-electron chi connectivity index (χ3n) is 3.97. The lowest BCUT2D eigenvalue weighted by Gasteiger charge is -2.23. The van der Waals surface area contributed by atoms with Crippen LogP contribution in [-0.2, 0) is 4.74 Å². The van der Waals surface area contributed by atoms with Gasteiger partial charge < -0.3 is 10.1 Å². The molecule has 1 aliphatic carbocycles.